The van der Waals surface area contributed by atoms with E-state index in [4.69, 9.17) is 0 Å². The van der Waals surface area contributed by atoms with Crippen LogP contribution in [-0.2, 0) is 32.5 Å². The van der Waals surface area contributed by atoms with Crippen molar-refractivity contribution >= 4 is 41.8 Å². The van der Waals surface area contributed by atoms with Crippen LogP contribution in [0.3, 0.4) is 0 Å². The second-order valence-electron chi connectivity index (χ2n) is 7.07. The van der Waals surface area contributed by atoms with Gasteiger partial charge in [0.25, 0.3) is 0 Å². The highest BCUT2D eigenvalue weighted by Crippen LogP contribution is 2.33. The van der Waals surface area contributed by atoms with Gasteiger partial charge >= 0.3 is 6.18 Å². The standard InChI is InChI=1S/C18H20F3N5O2S2/c1-6-30(27,28)14-7-11(25-29(3,4)5)9-23-16(14)17-24-12-8-15(18(19,20)21)22-10-13(12)26(17)2/h7-10H,3,6H2,1-2,4-5H3. The van der Waals surface area contributed by atoms with Crippen molar-refractivity contribution in [2.45, 2.75) is 18.0 Å². The van der Waals surface area contributed by atoms with Crippen LogP contribution in [0.15, 0.2) is 33.8 Å². The third kappa shape index (κ3) is 4.33. The van der Waals surface area contributed by atoms with Crippen LogP contribution >= 0.6 is 0 Å². The van der Waals surface area contributed by atoms with Crippen LogP contribution in [-0.4, -0.2) is 52.1 Å². The molecule has 0 aliphatic carbocycles. The Hall–Kier alpha value is -2.47. The fourth-order valence-corrected chi connectivity index (χ4v) is 4.51. The van der Waals surface area contributed by atoms with Gasteiger partial charge in [0.15, 0.2) is 15.7 Å². The highest BCUT2D eigenvalue weighted by molar-refractivity contribution is 8.01. The van der Waals surface area contributed by atoms with Gasteiger partial charge in [0.2, 0.25) is 0 Å². The van der Waals surface area contributed by atoms with Gasteiger partial charge in [0.05, 0.1) is 39.8 Å². The number of hydrogen-bond acceptors (Lipinski definition) is 6. The van der Waals surface area contributed by atoms with Crippen molar-refractivity contribution < 1.29 is 21.6 Å². The molecule has 3 rings (SSSR count). The van der Waals surface area contributed by atoms with Gasteiger partial charge in [0.1, 0.15) is 11.4 Å². The summed E-state index contributed by atoms with van der Waals surface area (Å²) in [6, 6.07) is 2.23. The van der Waals surface area contributed by atoms with Gasteiger partial charge in [-0.15, -0.1) is 9.41 Å². The van der Waals surface area contributed by atoms with Gasteiger partial charge in [-0.25, -0.2) is 27.7 Å². The molecule has 0 radical (unpaired) electrons. The number of hydrogen-bond donors (Lipinski definition) is 0. The normalized spacial score (nSPS) is 13.0. The first-order valence-corrected chi connectivity index (χ1v) is 12.9. The number of fused-ring (bicyclic) bond motifs is 1. The van der Waals surface area contributed by atoms with Crippen LogP contribution < -0.4 is 0 Å². The number of imidazole rings is 1. The van der Waals surface area contributed by atoms with E-state index in [2.05, 4.69) is 25.2 Å². The molecule has 0 aliphatic rings. The third-order valence-corrected chi connectivity index (χ3v) is 6.62. The Balaban J connectivity index is 2.30. The average Bonchev–Trinajstić information content (AvgIpc) is 2.96. The van der Waals surface area contributed by atoms with Crippen LogP contribution in [0.4, 0.5) is 18.9 Å². The first-order valence-electron chi connectivity index (χ1n) is 8.65. The quantitative estimate of drug-likeness (QED) is 0.557. The molecule has 0 fully saturated rings. The zero-order valence-electron chi connectivity index (χ0n) is 16.7. The molecule has 0 aliphatic heterocycles. The number of nitrogens with zero attached hydrogens (tertiary/aromatic N) is 5. The van der Waals surface area contributed by atoms with Crippen molar-refractivity contribution in [2.24, 2.45) is 11.4 Å². The lowest BCUT2D eigenvalue weighted by Crippen LogP contribution is -2.08. The molecular formula is C18H20F3N5O2S2. The van der Waals surface area contributed by atoms with E-state index in [1.807, 2.05) is 12.5 Å². The Kier molecular flexibility index (Phi) is 5.44. The molecule has 0 amide bonds. The lowest BCUT2D eigenvalue weighted by molar-refractivity contribution is -0.141. The van der Waals surface area contributed by atoms with E-state index < -0.39 is 31.1 Å². The number of halogens is 3. The van der Waals surface area contributed by atoms with Crippen LogP contribution in [0.5, 0.6) is 0 Å². The minimum atomic E-state index is -4.62. The highest BCUT2D eigenvalue weighted by atomic mass is 32.2. The van der Waals surface area contributed by atoms with Crippen molar-refractivity contribution in [3.8, 4) is 11.5 Å². The summed E-state index contributed by atoms with van der Waals surface area (Å²) in [6.07, 6.45) is 1.52. The highest BCUT2D eigenvalue weighted by Gasteiger charge is 2.33. The molecule has 30 heavy (non-hydrogen) atoms. The molecule has 0 unspecified atom stereocenters. The van der Waals surface area contributed by atoms with Crippen LogP contribution in [0.25, 0.3) is 22.6 Å². The fraction of sp³-hybridized carbons (Fsp3) is 0.333. The minimum absolute atomic E-state index is 0.0357. The lowest BCUT2D eigenvalue weighted by atomic mass is 10.3. The largest absolute Gasteiger partial charge is 0.433 e. The van der Waals surface area contributed by atoms with E-state index in [1.54, 1.807) is 7.05 Å². The smallest absolute Gasteiger partial charge is 0.324 e. The summed E-state index contributed by atoms with van der Waals surface area (Å²) in [6.45, 7) is 1.49. The molecule has 0 saturated heterocycles. The SMILES string of the molecule is C=S(C)(C)=Nc1cnc(-c2nc3cc(C(F)(F)F)ncc3n2C)c(S(=O)(=O)CC)c1. The molecule has 0 bridgehead atoms. The maximum atomic E-state index is 13.0. The summed E-state index contributed by atoms with van der Waals surface area (Å²) in [7, 11) is -3.73. The Morgan fingerprint density at radius 1 is 1.17 bits per heavy atom. The van der Waals surface area contributed by atoms with Gasteiger partial charge in [-0.3, -0.25) is 0 Å². The number of alkyl halides is 3. The Labute approximate surface area is 172 Å². The van der Waals surface area contributed by atoms with Crippen molar-refractivity contribution in [1.82, 2.24) is 19.5 Å². The predicted molar refractivity (Wildman–Crippen MR) is 113 cm³/mol. The van der Waals surface area contributed by atoms with Gasteiger partial charge in [-0.2, -0.15) is 13.2 Å². The molecule has 12 heteroatoms. The molecule has 3 heterocycles. The van der Waals surface area contributed by atoms with Crippen molar-refractivity contribution in [2.75, 3.05) is 18.3 Å². The van der Waals surface area contributed by atoms with E-state index in [-0.39, 0.29) is 27.7 Å². The summed E-state index contributed by atoms with van der Waals surface area (Å²) in [5, 5.41) is 0. The molecule has 3 aromatic heterocycles. The molecule has 0 atom stereocenters. The van der Waals surface area contributed by atoms with Crippen molar-refractivity contribution in [3.05, 3.63) is 30.2 Å². The maximum Gasteiger partial charge on any atom is 0.433 e. The lowest BCUT2D eigenvalue weighted by Gasteiger charge is -2.10. The number of aromatic nitrogens is 4. The molecule has 7 nitrogen and oxygen atoms in total. The minimum Gasteiger partial charge on any atom is -0.324 e. The second-order valence-corrected chi connectivity index (χ2v) is 12.5. The zero-order valence-corrected chi connectivity index (χ0v) is 18.4. The number of aryl methyl sites for hydroxylation is 1. The first-order chi connectivity index (χ1) is 13.7. The topological polar surface area (TPSA) is 90.1 Å². The maximum absolute atomic E-state index is 13.0. The molecule has 0 saturated carbocycles. The zero-order chi connectivity index (χ0) is 22.5. The van der Waals surface area contributed by atoms with Gasteiger partial charge in [-0.05, 0) is 24.6 Å². The summed E-state index contributed by atoms with van der Waals surface area (Å²) in [4.78, 5) is 11.8. The van der Waals surface area contributed by atoms with Crippen molar-refractivity contribution in [1.29, 1.82) is 0 Å². The summed E-state index contributed by atoms with van der Waals surface area (Å²) >= 11 is 0. The van der Waals surface area contributed by atoms with E-state index >= 15 is 0 Å². The van der Waals surface area contributed by atoms with E-state index in [0.29, 0.717) is 11.2 Å². The van der Waals surface area contributed by atoms with Gasteiger partial charge in [-0.1, -0.05) is 12.8 Å². The molecular weight excluding hydrogens is 439 g/mol. The first kappa shape index (κ1) is 22.2. The number of pyridine rings is 2. The monoisotopic (exact) mass is 459 g/mol. The molecule has 0 N–H and O–H groups in total. The fourth-order valence-electron chi connectivity index (χ4n) is 2.79. The van der Waals surface area contributed by atoms with Crippen LogP contribution in [0.1, 0.15) is 12.6 Å². The summed E-state index contributed by atoms with van der Waals surface area (Å²) in [5.41, 5.74) is -0.324. The molecule has 0 aromatic carbocycles. The van der Waals surface area contributed by atoms with E-state index in [0.717, 1.165) is 12.3 Å². The molecule has 3 aromatic rings. The van der Waals surface area contributed by atoms with Crippen LogP contribution in [0.2, 0.25) is 0 Å². The molecule has 0 spiro atoms. The third-order valence-electron chi connectivity index (χ3n) is 4.18. The Bertz CT molecular complexity index is 1360. The number of rotatable bonds is 4. The van der Waals surface area contributed by atoms with E-state index in [1.165, 1.54) is 23.8 Å². The Morgan fingerprint density at radius 3 is 2.40 bits per heavy atom. The summed E-state index contributed by atoms with van der Waals surface area (Å²) < 4.78 is 70.3. The predicted octanol–water partition coefficient (Wildman–Crippen LogP) is 3.50. The van der Waals surface area contributed by atoms with Crippen molar-refractivity contribution in [3.63, 3.8) is 0 Å². The van der Waals surface area contributed by atoms with Crippen LogP contribution in [0, 0.1) is 0 Å². The Morgan fingerprint density at radius 2 is 1.83 bits per heavy atom. The van der Waals surface area contributed by atoms with Gasteiger partial charge in [0, 0.05) is 7.05 Å². The second kappa shape index (κ2) is 7.34. The molecule has 162 valence electrons. The van der Waals surface area contributed by atoms with E-state index in [9.17, 15) is 21.6 Å². The number of sulfone groups is 1. The summed E-state index contributed by atoms with van der Waals surface area (Å²) in [5.74, 6) is 3.88. The van der Waals surface area contributed by atoms with Gasteiger partial charge < -0.3 is 4.57 Å². The average molecular weight is 460 g/mol.